The van der Waals surface area contributed by atoms with Gasteiger partial charge < -0.3 is 19.5 Å². The highest BCUT2D eigenvalue weighted by molar-refractivity contribution is 6.31. The summed E-state index contributed by atoms with van der Waals surface area (Å²) in [5.41, 5.74) is 1.17. The van der Waals surface area contributed by atoms with Crippen molar-refractivity contribution < 1.29 is 18.4 Å². The molecule has 1 atom stereocenters. The zero-order valence-electron chi connectivity index (χ0n) is 15.6. The number of likely N-dealkylation sites (tertiary alicyclic amines) is 1. The Kier molecular flexibility index (Phi) is 5.35. The monoisotopic (exact) mass is 416 g/mol. The fourth-order valence-electron chi connectivity index (χ4n) is 3.29. The molecule has 1 aliphatic rings. The van der Waals surface area contributed by atoms with Crippen LogP contribution in [-0.2, 0) is 0 Å². The molecule has 0 radical (unpaired) electrons. The molecule has 1 N–H and O–H groups in total. The first-order valence-electron chi connectivity index (χ1n) is 9.06. The third kappa shape index (κ3) is 4.02. The summed E-state index contributed by atoms with van der Waals surface area (Å²) in [6.07, 6.45) is 1.51. The minimum Gasteiger partial charge on any atom is -0.497 e. The summed E-state index contributed by atoms with van der Waals surface area (Å²) in [7, 11) is 1.59. The van der Waals surface area contributed by atoms with Gasteiger partial charge in [-0.3, -0.25) is 0 Å². The van der Waals surface area contributed by atoms with E-state index in [2.05, 4.69) is 15.5 Å². The van der Waals surface area contributed by atoms with Crippen molar-refractivity contribution in [1.29, 1.82) is 0 Å². The van der Waals surface area contributed by atoms with E-state index in [1.807, 2.05) is 24.3 Å². The quantitative estimate of drug-likeness (QED) is 0.653. The van der Waals surface area contributed by atoms with Crippen molar-refractivity contribution in [3.05, 3.63) is 59.2 Å². The van der Waals surface area contributed by atoms with E-state index in [0.717, 1.165) is 12.0 Å². The maximum atomic E-state index is 13.3. The lowest BCUT2D eigenvalue weighted by Gasteiger charge is -2.22. The van der Waals surface area contributed by atoms with Crippen molar-refractivity contribution in [2.45, 2.75) is 18.9 Å². The number of amides is 2. The first-order valence-corrected chi connectivity index (χ1v) is 9.43. The molecule has 0 unspecified atom stereocenters. The molecule has 2 amide bonds. The van der Waals surface area contributed by atoms with E-state index in [1.165, 1.54) is 18.2 Å². The Balaban J connectivity index is 1.51. The molecule has 1 aromatic heterocycles. The minimum atomic E-state index is -0.542. The van der Waals surface area contributed by atoms with Crippen molar-refractivity contribution in [2.75, 3.05) is 19.0 Å². The molecule has 1 saturated heterocycles. The van der Waals surface area contributed by atoms with Crippen LogP contribution < -0.4 is 10.1 Å². The molecule has 29 heavy (non-hydrogen) atoms. The van der Waals surface area contributed by atoms with Gasteiger partial charge in [0.15, 0.2) is 0 Å². The highest BCUT2D eigenvalue weighted by Gasteiger charge is 2.34. The van der Waals surface area contributed by atoms with Crippen molar-refractivity contribution in [1.82, 2.24) is 15.0 Å². The number of hydrogen-bond acceptors (Lipinski definition) is 5. The molecule has 0 spiro atoms. The minimum absolute atomic E-state index is 0.0550. The van der Waals surface area contributed by atoms with Gasteiger partial charge in [-0.05, 0) is 43.2 Å². The Morgan fingerprint density at radius 2 is 2.21 bits per heavy atom. The number of benzene rings is 2. The van der Waals surface area contributed by atoms with Gasteiger partial charge in [-0.25, -0.2) is 9.18 Å². The summed E-state index contributed by atoms with van der Waals surface area (Å²) >= 11 is 5.78. The largest absolute Gasteiger partial charge is 0.497 e. The van der Waals surface area contributed by atoms with Gasteiger partial charge in [-0.1, -0.05) is 28.9 Å². The Morgan fingerprint density at radius 3 is 3.00 bits per heavy atom. The molecule has 9 heteroatoms. The van der Waals surface area contributed by atoms with Crippen LogP contribution >= 0.6 is 11.6 Å². The molecule has 0 saturated carbocycles. The summed E-state index contributed by atoms with van der Waals surface area (Å²) in [5, 5.41) is 6.73. The fourth-order valence-corrected chi connectivity index (χ4v) is 3.47. The number of carbonyl (C=O) groups excluding carboxylic acids is 1. The van der Waals surface area contributed by atoms with Crippen LogP contribution in [0.15, 0.2) is 47.0 Å². The molecular weight excluding hydrogens is 399 g/mol. The van der Waals surface area contributed by atoms with Gasteiger partial charge in [-0.2, -0.15) is 4.98 Å². The highest BCUT2D eigenvalue weighted by atomic mass is 35.5. The number of ether oxygens (including phenoxy) is 1. The summed E-state index contributed by atoms with van der Waals surface area (Å²) in [6.45, 7) is 0.544. The van der Waals surface area contributed by atoms with Crippen molar-refractivity contribution in [3.8, 4) is 17.1 Å². The first-order chi connectivity index (χ1) is 14.0. The Hall–Kier alpha value is -3.13. The molecule has 3 aromatic rings. The summed E-state index contributed by atoms with van der Waals surface area (Å²) in [6, 6.07) is 10.7. The first kappa shape index (κ1) is 19.2. The zero-order chi connectivity index (χ0) is 20.4. The molecular formula is C20H18ClFN4O3. The summed E-state index contributed by atoms with van der Waals surface area (Å²) < 4.78 is 24.0. The van der Waals surface area contributed by atoms with Gasteiger partial charge in [-0.15, -0.1) is 0 Å². The number of methoxy groups -OCH3 is 1. The summed E-state index contributed by atoms with van der Waals surface area (Å²) in [4.78, 5) is 18.8. The number of halogens is 2. The normalized spacial score (nSPS) is 16.1. The van der Waals surface area contributed by atoms with Gasteiger partial charge in [0.2, 0.25) is 11.7 Å². The average molecular weight is 417 g/mol. The Bertz CT molecular complexity index is 1040. The number of hydrogen-bond donors (Lipinski definition) is 1. The number of anilines is 1. The van der Waals surface area contributed by atoms with Crippen molar-refractivity contribution in [2.24, 2.45) is 0 Å². The van der Waals surface area contributed by atoms with E-state index in [4.69, 9.17) is 20.9 Å². The molecule has 4 rings (SSSR count). The lowest BCUT2D eigenvalue weighted by Crippen LogP contribution is -2.34. The van der Waals surface area contributed by atoms with Gasteiger partial charge in [0.25, 0.3) is 0 Å². The lowest BCUT2D eigenvalue weighted by atomic mass is 10.2. The molecule has 1 aliphatic heterocycles. The Labute approximate surface area is 171 Å². The van der Waals surface area contributed by atoms with Crippen LogP contribution in [0.1, 0.15) is 24.8 Å². The van der Waals surface area contributed by atoms with E-state index >= 15 is 0 Å². The van der Waals surface area contributed by atoms with Gasteiger partial charge in [0.1, 0.15) is 17.6 Å². The molecule has 2 heterocycles. The summed E-state index contributed by atoms with van der Waals surface area (Å²) in [5.74, 6) is 0.942. The molecule has 2 aromatic carbocycles. The molecule has 1 fully saturated rings. The second kappa shape index (κ2) is 8.08. The second-order valence-electron chi connectivity index (χ2n) is 6.60. The van der Waals surface area contributed by atoms with E-state index < -0.39 is 5.82 Å². The van der Waals surface area contributed by atoms with Crippen LogP contribution in [0, 0.1) is 5.82 Å². The van der Waals surface area contributed by atoms with Crippen LogP contribution in [-0.4, -0.2) is 34.7 Å². The third-order valence-electron chi connectivity index (χ3n) is 4.74. The van der Waals surface area contributed by atoms with Crippen LogP contribution in [0.5, 0.6) is 5.75 Å². The van der Waals surface area contributed by atoms with E-state index in [1.54, 1.807) is 12.0 Å². The SMILES string of the molecule is COc1cccc(-c2noc([C@H]3CCCN3C(=O)Nc3ccc(F)c(Cl)c3)n2)c1. The zero-order valence-corrected chi connectivity index (χ0v) is 16.3. The molecule has 7 nitrogen and oxygen atoms in total. The number of carbonyl (C=O) groups is 1. The third-order valence-corrected chi connectivity index (χ3v) is 5.03. The molecule has 0 bridgehead atoms. The molecule has 150 valence electrons. The predicted octanol–water partition coefficient (Wildman–Crippen LogP) is 4.91. The van der Waals surface area contributed by atoms with Gasteiger partial charge in [0, 0.05) is 17.8 Å². The molecule has 0 aliphatic carbocycles. The second-order valence-corrected chi connectivity index (χ2v) is 7.01. The topological polar surface area (TPSA) is 80.5 Å². The Morgan fingerprint density at radius 1 is 1.34 bits per heavy atom. The predicted molar refractivity (Wildman–Crippen MR) is 105 cm³/mol. The van der Waals surface area contributed by atoms with Crippen molar-refractivity contribution >= 4 is 23.3 Å². The van der Waals surface area contributed by atoms with Crippen molar-refractivity contribution in [3.63, 3.8) is 0 Å². The maximum absolute atomic E-state index is 13.3. The van der Waals surface area contributed by atoms with E-state index in [9.17, 15) is 9.18 Å². The number of rotatable bonds is 4. The van der Waals surface area contributed by atoms with E-state index in [-0.39, 0.29) is 17.1 Å². The lowest BCUT2D eigenvalue weighted by molar-refractivity contribution is 0.193. The number of nitrogens with one attached hydrogen (secondary N) is 1. The van der Waals surface area contributed by atoms with Gasteiger partial charge >= 0.3 is 6.03 Å². The smallest absolute Gasteiger partial charge is 0.322 e. The standard InChI is InChI=1S/C20H18ClFN4O3/c1-28-14-5-2-4-12(10-14)18-24-19(29-25-18)17-6-3-9-26(17)20(27)23-13-7-8-16(22)15(21)11-13/h2,4-5,7-8,10-11,17H,3,6,9H2,1H3,(H,23,27)/t17-/m1/s1. The van der Waals surface area contributed by atoms with Crippen LogP contribution in [0.3, 0.4) is 0 Å². The van der Waals surface area contributed by atoms with Gasteiger partial charge in [0.05, 0.1) is 12.1 Å². The maximum Gasteiger partial charge on any atom is 0.322 e. The van der Waals surface area contributed by atoms with Crippen LogP contribution in [0.2, 0.25) is 5.02 Å². The van der Waals surface area contributed by atoms with Crippen LogP contribution in [0.4, 0.5) is 14.9 Å². The van der Waals surface area contributed by atoms with E-state index in [0.29, 0.717) is 36.1 Å². The number of urea groups is 1. The highest BCUT2D eigenvalue weighted by Crippen LogP contribution is 2.33. The fraction of sp³-hybridized carbons (Fsp3) is 0.250. The number of nitrogens with zero attached hydrogens (tertiary/aromatic N) is 3. The van der Waals surface area contributed by atoms with Crippen LogP contribution in [0.25, 0.3) is 11.4 Å². The number of aromatic nitrogens is 2. The average Bonchev–Trinajstić information content (AvgIpc) is 3.40.